The lowest BCUT2D eigenvalue weighted by Gasteiger charge is -2.25. The van der Waals surface area contributed by atoms with Crippen molar-refractivity contribution in [3.8, 4) is 0 Å². The lowest BCUT2D eigenvalue weighted by molar-refractivity contribution is -0.870. The zero-order chi connectivity index (χ0) is 44.3. The fourth-order valence-corrected chi connectivity index (χ4v) is 8.30. The predicted molar refractivity (Wildman–Crippen MR) is 258 cm³/mol. The first kappa shape index (κ1) is 59.0. The summed E-state index contributed by atoms with van der Waals surface area (Å²) < 4.78 is 23.6. The summed E-state index contributed by atoms with van der Waals surface area (Å²) in [7, 11) is 1.58. The largest absolute Gasteiger partial charge is 0.472 e. The topological polar surface area (TPSA) is 105 Å². The molecule has 356 valence electrons. The van der Waals surface area contributed by atoms with Gasteiger partial charge >= 0.3 is 7.82 Å². The molecule has 8 nitrogen and oxygen atoms in total. The highest BCUT2D eigenvalue weighted by Crippen LogP contribution is 2.43. The second-order valence-corrected chi connectivity index (χ2v) is 20.4. The van der Waals surface area contributed by atoms with E-state index in [1.165, 1.54) is 186 Å². The number of unbranched alkanes of at least 4 members (excludes halogenated alkanes) is 32. The molecule has 0 spiro atoms. The number of phosphoric acid groups is 1. The molecular weight excluding hydrogens is 768 g/mol. The minimum atomic E-state index is -4.34. The standard InChI is InChI=1S/C51H101N2O6P/c1-6-8-10-12-14-16-18-20-22-24-25-26-27-29-31-33-35-37-39-41-43-45-51(55)52-49(48-59-60(56,57)58-47-46-53(3,4)5)50(54)44-42-40-38-36-34-32-30-28-23-21-19-17-15-13-11-9-7-2/h20,22,42,44,49-50,54H,6-19,21,23-41,43,45-48H2,1-5H3,(H-,52,55,56,57)/p+1/b22-20+,44-42+/t49-,50+/m0/s1. The van der Waals surface area contributed by atoms with Crippen molar-refractivity contribution in [1.82, 2.24) is 5.32 Å². The summed E-state index contributed by atoms with van der Waals surface area (Å²) in [5.74, 6) is -0.175. The summed E-state index contributed by atoms with van der Waals surface area (Å²) in [5.41, 5.74) is 0. The van der Waals surface area contributed by atoms with Crippen LogP contribution in [0.15, 0.2) is 24.3 Å². The number of aliphatic hydroxyl groups is 1. The summed E-state index contributed by atoms with van der Waals surface area (Å²) >= 11 is 0. The molecule has 1 unspecified atom stereocenters. The van der Waals surface area contributed by atoms with Crippen molar-refractivity contribution in [2.45, 2.75) is 257 Å². The first-order valence-corrected chi connectivity index (χ1v) is 27.2. The molecule has 0 rings (SSSR count). The normalized spacial score (nSPS) is 14.3. The average molecular weight is 870 g/mol. The van der Waals surface area contributed by atoms with Gasteiger partial charge in [0, 0.05) is 6.42 Å². The maximum atomic E-state index is 12.9. The van der Waals surface area contributed by atoms with Crippen LogP contribution in [0, 0.1) is 0 Å². The maximum Gasteiger partial charge on any atom is 0.472 e. The van der Waals surface area contributed by atoms with Gasteiger partial charge in [0.15, 0.2) is 0 Å². The Hall–Kier alpha value is -1.02. The molecule has 1 amide bonds. The van der Waals surface area contributed by atoms with Gasteiger partial charge < -0.3 is 19.8 Å². The van der Waals surface area contributed by atoms with Crippen LogP contribution in [0.1, 0.15) is 245 Å². The van der Waals surface area contributed by atoms with Crippen molar-refractivity contribution in [1.29, 1.82) is 0 Å². The van der Waals surface area contributed by atoms with Crippen LogP contribution >= 0.6 is 7.82 Å². The van der Waals surface area contributed by atoms with E-state index in [4.69, 9.17) is 9.05 Å². The monoisotopic (exact) mass is 870 g/mol. The summed E-state index contributed by atoms with van der Waals surface area (Å²) in [6, 6.07) is -0.844. The Kier molecular flexibility index (Phi) is 42.5. The molecule has 0 heterocycles. The van der Waals surface area contributed by atoms with Gasteiger partial charge in [0.25, 0.3) is 0 Å². The third kappa shape index (κ3) is 45.0. The highest BCUT2D eigenvalue weighted by Gasteiger charge is 2.27. The molecule has 0 saturated carbocycles. The van der Waals surface area contributed by atoms with Gasteiger partial charge in [-0.15, -0.1) is 0 Å². The van der Waals surface area contributed by atoms with Crippen molar-refractivity contribution in [3.63, 3.8) is 0 Å². The Morgan fingerprint density at radius 1 is 0.550 bits per heavy atom. The van der Waals surface area contributed by atoms with E-state index in [1.807, 2.05) is 27.2 Å². The highest BCUT2D eigenvalue weighted by atomic mass is 31.2. The van der Waals surface area contributed by atoms with Crippen LogP contribution < -0.4 is 5.32 Å². The molecule has 0 radical (unpaired) electrons. The van der Waals surface area contributed by atoms with Gasteiger partial charge in [-0.05, 0) is 44.9 Å². The number of hydrogen-bond donors (Lipinski definition) is 3. The quantitative estimate of drug-likeness (QED) is 0.0243. The van der Waals surface area contributed by atoms with E-state index in [1.54, 1.807) is 6.08 Å². The fourth-order valence-electron chi connectivity index (χ4n) is 7.57. The second-order valence-electron chi connectivity index (χ2n) is 18.9. The number of likely N-dealkylation sites (N-methyl/N-ethyl adjacent to an activating group) is 1. The minimum Gasteiger partial charge on any atom is -0.387 e. The first-order chi connectivity index (χ1) is 29.0. The molecule has 0 aromatic carbocycles. The average Bonchev–Trinajstić information content (AvgIpc) is 3.20. The van der Waals surface area contributed by atoms with Gasteiger partial charge in [0.2, 0.25) is 5.91 Å². The Bertz CT molecular complexity index is 1030. The lowest BCUT2D eigenvalue weighted by atomic mass is 10.0. The van der Waals surface area contributed by atoms with Crippen molar-refractivity contribution >= 4 is 13.7 Å². The van der Waals surface area contributed by atoms with E-state index in [2.05, 4.69) is 31.3 Å². The molecule has 0 aromatic rings. The van der Waals surface area contributed by atoms with Gasteiger partial charge in [0.05, 0.1) is 39.9 Å². The Balaban J connectivity index is 4.29. The van der Waals surface area contributed by atoms with Gasteiger partial charge in [-0.3, -0.25) is 13.8 Å². The zero-order valence-corrected chi connectivity index (χ0v) is 41.4. The molecule has 0 aliphatic carbocycles. The van der Waals surface area contributed by atoms with Crippen LogP contribution in [0.2, 0.25) is 0 Å². The predicted octanol–water partition coefficient (Wildman–Crippen LogP) is 14.9. The zero-order valence-electron chi connectivity index (χ0n) is 40.5. The molecule has 0 fully saturated rings. The molecule has 0 aliphatic rings. The number of quaternary nitrogens is 1. The Labute approximate surface area is 373 Å². The third-order valence-corrected chi connectivity index (χ3v) is 12.6. The van der Waals surface area contributed by atoms with Crippen LogP contribution in [-0.4, -0.2) is 73.4 Å². The van der Waals surface area contributed by atoms with Crippen molar-refractivity contribution < 1.29 is 32.9 Å². The number of carbonyl (C=O) groups is 1. The molecule has 3 atom stereocenters. The molecule has 0 aliphatic heterocycles. The first-order valence-electron chi connectivity index (χ1n) is 25.7. The smallest absolute Gasteiger partial charge is 0.387 e. The van der Waals surface area contributed by atoms with Gasteiger partial charge in [-0.25, -0.2) is 4.57 Å². The SMILES string of the molecule is CCCCCCCC/C=C/CCCCCCCCCCCCCC(=O)N[C@@H](COP(=O)(O)OCC[N+](C)(C)C)[C@H](O)/C=C/CCCCCCCCCCCCCCCCC. The van der Waals surface area contributed by atoms with Gasteiger partial charge in [0.1, 0.15) is 13.2 Å². The van der Waals surface area contributed by atoms with E-state index < -0.39 is 20.0 Å². The number of nitrogens with one attached hydrogen (secondary N) is 1. The maximum absolute atomic E-state index is 12.9. The molecule has 60 heavy (non-hydrogen) atoms. The number of hydrogen-bond acceptors (Lipinski definition) is 5. The van der Waals surface area contributed by atoms with Crippen molar-refractivity contribution in [2.75, 3.05) is 40.9 Å². The minimum absolute atomic E-state index is 0.0630. The molecular formula is C51H102N2O6P+. The number of amides is 1. The van der Waals surface area contributed by atoms with Crippen LogP contribution in [-0.2, 0) is 18.4 Å². The van der Waals surface area contributed by atoms with Gasteiger partial charge in [-0.2, -0.15) is 0 Å². The molecule has 0 saturated heterocycles. The number of carbonyl (C=O) groups excluding carboxylic acids is 1. The second kappa shape index (κ2) is 43.2. The van der Waals surface area contributed by atoms with Crippen molar-refractivity contribution in [2.24, 2.45) is 0 Å². The summed E-state index contributed by atoms with van der Waals surface area (Å²) in [6.45, 7) is 4.83. The fraction of sp³-hybridized carbons (Fsp3) is 0.902. The van der Waals surface area contributed by atoms with Gasteiger partial charge in [-0.1, -0.05) is 218 Å². The van der Waals surface area contributed by atoms with Crippen LogP contribution in [0.25, 0.3) is 0 Å². The summed E-state index contributed by atoms with van der Waals surface area (Å²) in [6.07, 6.45) is 52.5. The van der Waals surface area contributed by atoms with Crippen molar-refractivity contribution in [3.05, 3.63) is 24.3 Å². The molecule has 9 heteroatoms. The summed E-state index contributed by atoms with van der Waals surface area (Å²) in [5, 5.41) is 13.9. The highest BCUT2D eigenvalue weighted by molar-refractivity contribution is 7.47. The summed E-state index contributed by atoms with van der Waals surface area (Å²) in [4.78, 5) is 23.2. The number of phosphoric ester groups is 1. The Morgan fingerprint density at radius 2 is 0.900 bits per heavy atom. The van der Waals surface area contributed by atoms with E-state index >= 15 is 0 Å². The number of nitrogens with zero attached hydrogens (tertiary/aromatic N) is 1. The lowest BCUT2D eigenvalue weighted by Crippen LogP contribution is -2.45. The number of allylic oxidation sites excluding steroid dienone is 3. The molecule has 0 aromatic heterocycles. The van der Waals surface area contributed by atoms with E-state index in [9.17, 15) is 19.4 Å². The number of aliphatic hydroxyl groups excluding tert-OH is 1. The van der Waals surface area contributed by atoms with E-state index in [-0.39, 0.29) is 19.1 Å². The number of rotatable bonds is 47. The molecule has 3 N–H and O–H groups in total. The van der Waals surface area contributed by atoms with E-state index in [0.717, 1.165) is 38.5 Å². The Morgan fingerprint density at radius 3 is 1.28 bits per heavy atom. The van der Waals surface area contributed by atoms with E-state index in [0.29, 0.717) is 17.4 Å². The van der Waals surface area contributed by atoms with Crippen LogP contribution in [0.5, 0.6) is 0 Å². The van der Waals surface area contributed by atoms with Crippen LogP contribution in [0.4, 0.5) is 0 Å². The van der Waals surface area contributed by atoms with Crippen LogP contribution in [0.3, 0.4) is 0 Å². The molecule has 0 bridgehead atoms. The third-order valence-electron chi connectivity index (χ3n) is 11.7.